The van der Waals surface area contributed by atoms with E-state index in [4.69, 9.17) is 4.74 Å². The van der Waals surface area contributed by atoms with Crippen LogP contribution in [0.5, 0.6) is 0 Å². The minimum Gasteiger partial charge on any atom is -0.369 e. The van der Waals surface area contributed by atoms with E-state index < -0.39 is 23.9 Å². The second-order valence-corrected chi connectivity index (χ2v) is 3.76. The first-order valence-electron chi connectivity index (χ1n) is 5.07. The van der Waals surface area contributed by atoms with Gasteiger partial charge < -0.3 is 10.1 Å². The molecule has 0 radical (unpaired) electrons. The Morgan fingerprint density at radius 2 is 2.12 bits per heavy atom. The summed E-state index contributed by atoms with van der Waals surface area (Å²) in [6, 6.07) is 3.13. The largest absolute Gasteiger partial charge is 0.369 e. The number of hydrogen-bond acceptors (Lipinski definition) is 2. The number of rotatable bonds is 3. The van der Waals surface area contributed by atoms with Crippen molar-refractivity contribution >= 4 is 0 Å². The average molecular weight is 231 g/mol. The van der Waals surface area contributed by atoms with Gasteiger partial charge in [0.15, 0.2) is 0 Å². The smallest absolute Gasteiger partial charge is 0.140 e. The minimum atomic E-state index is -1.09. The zero-order valence-corrected chi connectivity index (χ0v) is 8.55. The second-order valence-electron chi connectivity index (χ2n) is 3.76. The van der Waals surface area contributed by atoms with E-state index in [1.54, 1.807) is 0 Å². The van der Waals surface area contributed by atoms with Crippen LogP contribution in [0.2, 0.25) is 0 Å². The quantitative estimate of drug-likeness (QED) is 0.856. The molecule has 1 aliphatic heterocycles. The number of alkyl halides is 1. The highest BCUT2D eigenvalue weighted by molar-refractivity contribution is 5.17. The van der Waals surface area contributed by atoms with E-state index in [0.717, 1.165) is 18.2 Å². The molecule has 2 unspecified atom stereocenters. The summed E-state index contributed by atoms with van der Waals surface area (Å²) in [4.78, 5) is 0. The molecule has 1 heterocycles. The van der Waals surface area contributed by atoms with E-state index in [1.165, 1.54) is 0 Å². The molecule has 0 aromatic heterocycles. The van der Waals surface area contributed by atoms with Gasteiger partial charge in [0, 0.05) is 18.7 Å². The molecule has 1 fully saturated rings. The van der Waals surface area contributed by atoms with Crippen molar-refractivity contribution in [1.82, 2.24) is 5.32 Å². The van der Waals surface area contributed by atoms with Gasteiger partial charge in [0.05, 0.1) is 6.61 Å². The maximum atomic E-state index is 13.2. The molecule has 1 aromatic carbocycles. The van der Waals surface area contributed by atoms with Gasteiger partial charge in [0.2, 0.25) is 0 Å². The Hall–Kier alpha value is -1.07. The normalized spacial score (nSPS) is 24.9. The van der Waals surface area contributed by atoms with Crippen LogP contribution < -0.4 is 5.32 Å². The van der Waals surface area contributed by atoms with E-state index in [1.807, 2.05) is 0 Å². The predicted octanol–water partition coefficient (Wildman–Crippen LogP) is 1.79. The van der Waals surface area contributed by atoms with E-state index in [-0.39, 0.29) is 18.7 Å². The molecule has 1 saturated heterocycles. The lowest BCUT2D eigenvalue weighted by Gasteiger charge is -2.13. The number of benzene rings is 1. The first kappa shape index (κ1) is 11.4. The van der Waals surface area contributed by atoms with Crippen molar-refractivity contribution in [2.75, 3.05) is 13.1 Å². The molecule has 0 aliphatic carbocycles. The molecule has 2 atom stereocenters. The third-order valence-corrected chi connectivity index (χ3v) is 2.55. The third kappa shape index (κ3) is 2.54. The van der Waals surface area contributed by atoms with Crippen LogP contribution in [0.1, 0.15) is 5.56 Å². The molecule has 2 nitrogen and oxygen atoms in total. The summed E-state index contributed by atoms with van der Waals surface area (Å²) >= 11 is 0. The van der Waals surface area contributed by atoms with Crippen LogP contribution in [0.25, 0.3) is 0 Å². The van der Waals surface area contributed by atoms with Gasteiger partial charge in [-0.1, -0.05) is 0 Å². The molecule has 16 heavy (non-hydrogen) atoms. The van der Waals surface area contributed by atoms with Crippen LogP contribution >= 0.6 is 0 Å². The minimum absolute atomic E-state index is 0.110. The predicted molar refractivity (Wildman–Crippen MR) is 52.7 cm³/mol. The maximum Gasteiger partial charge on any atom is 0.140 e. The van der Waals surface area contributed by atoms with Gasteiger partial charge >= 0.3 is 0 Å². The number of halogens is 3. The maximum absolute atomic E-state index is 13.2. The van der Waals surface area contributed by atoms with Crippen LogP contribution in [-0.2, 0) is 11.3 Å². The lowest BCUT2D eigenvalue weighted by atomic mass is 10.2. The van der Waals surface area contributed by atoms with Crippen molar-refractivity contribution in [2.45, 2.75) is 18.9 Å². The van der Waals surface area contributed by atoms with Crippen LogP contribution in [0.4, 0.5) is 13.2 Å². The molecule has 1 aromatic rings. The highest BCUT2D eigenvalue weighted by Crippen LogP contribution is 2.15. The van der Waals surface area contributed by atoms with Gasteiger partial charge in [0.25, 0.3) is 0 Å². The molecule has 1 N–H and O–H groups in total. The summed E-state index contributed by atoms with van der Waals surface area (Å²) in [6.45, 7) is 0.533. The Bertz CT molecular complexity index is 372. The number of nitrogens with one attached hydrogen (secondary N) is 1. The van der Waals surface area contributed by atoms with Gasteiger partial charge in [-0.3, -0.25) is 0 Å². The summed E-state index contributed by atoms with van der Waals surface area (Å²) in [5.74, 6) is -1.07. The van der Waals surface area contributed by atoms with Gasteiger partial charge in [-0.25, -0.2) is 13.2 Å². The van der Waals surface area contributed by atoms with Crippen molar-refractivity contribution in [3.8, 4) is 0 Å². The van der Waals surface area contributed by atoms with E-state index in [0.29, 0.717) is 6.54 Å². The van der Waals surface area contributed by atoms with Crippen LogP contribution in [0.15, 0.2) is 18.2 Å². The third-order valence-electron chi connectivity index (χ3n) is 2.55. The Morgan fingerprint density at radius 1 is 1.31 bits per heavy atom. The first-order valence-corrected chi connectivity index (χ1v) is 5.07. The van der Waals surface area contributed by atoms with Crippen LogP contribution in [-0.4, -0.2) is 25.4 Å². The van der Waals surface area contributed by atoms with Gasteiger partial charge in [-0.15, -0.1) is 0 Å². The number of hydrogen-bond donors (Lipinski definition) is 1. The fraction of sp³-hybridized carbons (Fsp3) is 0.455. The monoisotopic (exact) mass is 231 g/mol. The Morgan fingerprint density at radius 3 is 2.81 bits per heavy atom. The fourth-order valence-electron chi connectivity index (χ4n) is 1.64. The summed E-state index contributed by atoms with van der Waals surface area (Å²) in [5, 5.41) is 2.82. The zero-order valence-electron chi connectivity index (χ0n) is 8.55. The van der Waals surface area contributed by atoms with Crippen molar-refractivity contribution < 1.29 is 17.9 Å². The van der Waals surface area contributed by atoms with E-state index in [9.17, 15) is 13.2 Å². The molecule has 5 heteroatoms. The SMILES string of the molecule is Fc1ccc(F)c(COC2CNCC2F)c1. The molecule has 0 spiro atoms. The van der Waals surface area contributed by atoms with Crippen molar-refractivity contribution in [3.05, 3.63) is 35.4 Å². The molecular formula is C11H12F3NO. The molecule has 88 valence electrons. The van der Waals surface area contributed by atoms with Gasteiger partial charge in [-0.2, -0.15) is 0 Å². The molecule has 0 saturated carbocycles. The average Bonchev–Trinajstić information content (AvgIpc) is 2.66. The van der Waals surface area contributed by atoms with Gasteiger partial charge in [0.1, 0.15) is 23.9 Å². The van der Waals surface area contributed by atoms with Crippen molar-refractivity contribution in [3.63, 3.8) is 0 Å². The molecular weight excluding hydrogens is 219 g/mol. The lowest BCUT2D eigenvalue weighted by molar-refractivity contribution is 0.0126. The summed E-state index contributed by atoms with van der Waals surface area (Å²) in [6.07, 6.45) is -1.67. The Kier molecular flexibility index (Phi) is 3.46. The summed E-state index contributed by atoms with van der Waals surface area (Å²) in [7, 11) is 0. The molecule has 0 bridgehead atoms. The van der Waals surface area contributed by atoms with Crippen LogP contribution in [0.3, 0.4) is 0 Å². The standard InChI is InChI=1S/C11H12F3NO/c12-8-1-2-9(13)7(3-8)6-16-11-5-15-4-10(11)14/h1-3,10-11,15H,4-6H2. The zero-order chi connectivity index (χ0) is 11.5. The second kappa shape index (κ2) is 4.84. The highest BCUT2D eigenvalue weighted by Gasteiger charge is 2.27. The number of ether oxygens (including phenoxy) is 1. The first-order chi connectivity index (χ1) is 7.66. The van der Waals surface area contributed by atoms with Gasteiger partial charge in [-0.05, 0) is 18.2 Å². The molecule has 0 amide bonds. The van der Waals surface area contributed by atoms with Crippen molar-refractivity contribution in [1.29, 1.82) is 0 Å². The summed E-state index contributed by atoms with van der Waals surface area (Å²) in [5.41, 5.74) is 0.110. The van der Waals surface area contributed by atoms with E-state index >= 15 is 0 Å². The molecule has 1 aliphatic rings. The van der Waals surface area contributed by atoms with Crippen LogP contribution in [0, 0.1) is 11.6 Å². The Balaban J connectivity index is 1.96. The topological polar surface area (TPSA) is 21.3 Å². The fourth-order valence-corrected chi connectivity index (χ4v) is 1.64. The lowest BCUT2D eigenvalue weighted by Crippen LogP contribution is -2.23. The highest BCUT2D eigenvalue weighted by atomic mass is 19.1. The summed E-state index contributed by atoms with van der Waals surface area (Å²) < 4.78 is 44.3. The molecule has 2 rings (SSSR count). The van der Waals surface area contributed by atoms with Crippen molar-refractivity contribution in [2.24, 2.45) is 0 Å². The Labute approximate surface area is 91.4 Å². The van der Waals surface area contributed by atoms with E-state index in [2.05, 4.69) is 5.32 Å².